The predicted octanol–water partition coefficient (Wildman–Crippen LogP) is 3.65. The van der Waals surface area contributed by atoms with Crippen LogP contribution in [0.3, 0.4) is 0 Å². The van der Waals surface area contributed by atoms with E-state index in [0.717, 1.165) is 19.6 Å². The first kappa shape index (κ1) is 17.8. The monoisotopic (exact) mass is 388 g/mol. The first-order valence-electron chi connectivity index (χ1n) is 8.86. The minimum Gasteiger partial charge on any atom is -0.299 e. The van der Waals surface area contributed by atoms with Crippen molar-refractivity contribution < 1.29 is 8.42 Å². The van der Waals surface area contributed by atoms with E-state index < -0.39 is 10.0 Å². The smallest absolute Gasteiger partial charge is 0.229 e. The molecule has 0 spiro atoms. The van der Waals surface area contributed by atoms with Crippen molar-refractivity contribution in [1.82, 2.24) is 4.90 Å². The summed E-state index contributed by atoms with van der Waals surface area (Å²) in [5.74, 6) is 1.32. The molecule has 6 heteroatoms. The number of benzene rings is 1. The minimum atomic E-state index is -3.24. The molecule has 0 amide bonds. The van der Waals surface area contributed by atoms with Crippen LogP contribution in [-0.4, -0.2) is 39.2 Å². The van der Waals surface area contributed by atoms with Crippen molar-refractivity contribution in [3.8, 4) is 0 Å². The summed E-state index contributed by atoms with van der Waals surface area (Å²) in [5, 5.41) is 4.26. The summed E-state index contributed by atoms with van der Waals surface area (Å²) < 4.78 is 25.5. The fourth-order valence-corrected chi connectivity index (χ4v) is 5.56. The van der Waals surface area contributed by atoms with E-state index >= 15 is 0 Å². The molecule has 1 saturated carbocycles. The lowest BCUT2D eigenvalue weighted by Gasteiger charge is -2.23. The Bertz CT molecular complexity index is 907. The topological polar surface area (TPSA) is 49.4 Å². The van der Waals surface area contributed by atoms with Gasteiger partial charge in [-0.25, -0.2) is 8.42 Å². The van der Waals surface area contributed by atoms with Gasteiger partial charge in [0.05, 0.1) is 6.26 Å². The summed E-state index contributed by atoms with van der Waals surface area (Å²) in [6, 6.07) is 10.0. The molecule has 2 aromatic rings. The molecular formula is C20H24N2O2S2. The zero-order valence-corrected chi connectivity index (χ0v) is 16.7. The zero-order chi connectivity index (χ0) is 18.4. The summed E-state index contributed by atoms with van der Waals surface area (Å²) >= 11 is 1.72. The van der Waals surface area contributed by atoms with E-state index in [-0.39, 0.29) is 5.41 Å². The van der Waals surface area contributed by atoms with Gasteiger partial charge in [0.1, 0.15) is 0 Å². The van der Waals surface area contributed by atoms with E-state index in [4.69, 9.17) is 0 Å². The molecule has 2 unspecified atom stereocenters. The quantitative estimate of drug-likeness (QED) is 0.822. The van der Waals surface area contributed by atoms with Gasteiger partial charge in [-0.15, -0.1) is 0 Å². The molecule has 4 nitrogen and oxygen atoms in total. The van der Waals surface area contributed by atoms with E-state index in [9.17, 15) is 8.42 Å². The van der Waals surface area contributed by atoms with Crippen molar-refractivity contribution in [2.75, 3.05) is 30.6 Å². The Morgan fingerprint density at radius 1 is 1.31 bits per heavy atom. The van der Waals surface area contributed by atoms with Crippen LogP contribution in [0.5, 0.6) is 0 Å². The van der Waals surface area contributed by atoms with Crippen molar-refractivity contribution in [2.24, 2.45) is 11.8 Å². The molecule has 1 aliphatic carbocycles. The first-order valence-corrected chi connectivity index (χ1v) is 11.7. The molecule has 2 fully saturated rings. The molecule has 1 saturated heterocycles. The molecule has 1 aliphatic heterocycles. The third-order valence-electron chi connectivity index (χ3n) is 5.83. The Morgan fingerprint density at radius 2 is 2.08 bits per heavy atom. The summed E-state index contributed by atoms with van der Waals surface area (Å²) in [7, 11) is -3.24. The second kappa shape index (κ2) is 6.51. The average Bonchev–Trinajstić information content (AvgIpc) is 3.00. The molecule has 0 radical (unpaired) electrons. The number of thiophene rings is 1. The standard InChI is InChI=1S/C20H24N2O2S2/c1-20(16-6-3-7-17(11-16)21-26(2,23)24)18-12-22(13-19(18)20)9-4-5-15-8-10-25-14-15/h3-8,10-11,14,18-19,21H,9,12-13H2,1-2H3. The summed E-state index contributed by atoms with van der Waals surface area (Å²) in [6.45, 7) is 5.53. The van der Waals surface area contributed by atoms with Crippen LogP contribution in [0.25, 0.3) is 6.08 Å². The van der Waals surface area contributed by atoms with Crippen LogP contribution in [0, 0.1) is 11.8 Å². The van der Waals surface area contributed by atoms with Crippen molar-refractivity contribution in [3.05, 3.63) is 58.3 Å². The SMILES string of the molecule is CC1(c2cccc(NS(C)(=O)=O)c2)C2CN(CC=Cc3ccsc3)CC21. The first-order chi connectivity index (χ1) is 12.4. The van der Waals surface area contributed by atoms with Gasteiger partial charge in [0.25, 0.3) is 0 Å². The van der Waals surface area contributed by atoms with Gasteiger partial charge in [-0.2, -0.15) is 11.3 Å². The third-order valence-corrected chi connectivity index (χ3v) is 7.14. The molecule has 1 N–H and O–H groups in total. The number of anilines is 1. The molecule has 138 valence electrons. The lowest BCUT2D eigenvalue weighted by Crippen LogP contribution is -2.29. The van der Waals surface area contributed by atoms with Crippen LogP contribution in [0.1, 0.15) is 18.1 Å². The second-order valence-electron chi connectivity index (χ2n) is 7.63. The molecule has 2 atom stereocenters. The van der Waals surface area contributed by atoms with Gasteiger partial charge in [0.2, 0.25) is 10.0 Å². The van der Waals surface area contributed by atoms with Crippen LogP contribution in [-0.2, 0) is 15.4 Å². The maximum atomic E-state index is 11.5. The Morgan fingerprint density at radius 3 is 2.73 bits per heavy atom. The van der Waals surface area contributed by atoms with Gasteiger partial charge in [-0.1, -0.05) is 31.2 Å². The number of nitrogens with one attached hydrogen (secondary N) is 1. The van der Waals surface area contributed by atoms with E-state index in [1.54, 1.807) is 11.3 Å². The Balaban J connectivity index is 1.39. The highest BCUT2D eigenvalue weighted by molar-refractivity contribution is 7.92. The van der Waals surface area contributed by atoms with E-state index in [1.807, 2.05) is 18.2 Å². The summed E-state index contributed by atoms with van der Waals surface area (Å²) in [5.41, 5.74) is 3.35. The lowest BCUT2D eigenvalue weighted by molar-refractivity contribution is 0.305. The maximum absolute atomic E-state index is 11.5. The molecule has 4 rings (SSSR count). The molecule has 2 heterocycles. The van der Waals surface area contributed by atoms with Gasteiger partial charge in [-0.05, 0) is 51.9 Å². The van der Waals surface area contributed by atoms with E-state index in [0.29, 0.717) is 17.5 Å². The number of nitrogens with zero attached hydrogens (tertiary/aromatic N) is 1. The van der Waals surface area contributed by atoms with Crippen LogP contribution >= 0.6 is 11.3 Å². The van der Waals surface area contributed by atoms with Crippen molar-refractivity contribution >= 4 is 33.1 Å². The number of rotatable bonds is 6. The van der Waals surface area contributed by atoms with Gasteiger partial charge in [0, 0.05) is 30.7 Å². The van der Waals surface area contributed by atoms with Crippen LogP contribution in [0.2, 0.25) is 0 Å². The third kappa shape index (κ3) is 3.46. The molecule has 2 aliphatic rings. The highest BCUT2D eigenvalue weighted by Gasteiger charge is 2.65. The fraction of sp³-hybridized carbons (Fsp3) is 0.400. The highest BCUT2D eigenvalue weighted by atomic mass is 32.2. The second-order valence-corrected chi connectivity index (χ2v) is 10.2. The lowest BCUT2D eigenvalue weighted by atomic mass is 9.92. The number of piperidine rings is 1. The van der Waals surface area contributed by atoms with Crippen LogP contribution in [0.15, 0.2) is 47.2 Å². The van der Waals surface area contributed by atoms with E-state index in [2.05, 4.69) is 51.6 Å². The largest absolute Gasteiger partial charge is 0.299 e. The van der Waals surface area contributed by atoms with Crippen molar-refractivity contribution in [2.45, 2.75) is 12.3 Å². The molecule has 1 aromatic heterocycles. The minimum absolute atomic E-state index is 0.169. The number of hydrogen-bond donors (Lipinski definition) is 1. The van der Waals surface area contributed by atoms with Gasteiger partial charge >= 0.3 is 0 Å². The Labute approximate surface area is 159 Å². The zero-order valence-electron chi connectivity index (χ0n) is 15.1. The Kier molecular flexibility index (Phi) is 4.45. The Hall–Kier alpha value is -1.63. The molecule has 1 aromatic carbocycles. The molecule has 26 heavy (non-hydrogen) atoms. The average molecular weight is 389 g/mol. The van der Waals surface area contributed by atoms with Crippen LogP contribution < -0.4 is 4.72 Å². The normalized spacial score (nSPS) is 28.4. The highest BCUT2D eigenvalue weighted by Crippen LogP contribution is 2.63. The fourth-order valence-electron chi connectivity index (χ4n) is 4.38. The number of hydrogen-bond acceptors (Lipinski definition) is 4. The van der Waals surface area contributed by atoms with Gasteiger partial charge in [0.15, 0.2) is 0 Å². The molecular weight excluding hydrogens is 364 g/mol. The van der Waals surface area contributed by atoms with E-state index in [1.165, 1.54) is 17.4 Å². The van der Waals surface area contributed by atoms with Crippen molar-refractivity contribution in [3.63, 3.8) is 0 Å². The molecule has 0 bridgehead atoms. The summed E-state index contributed by atoms with van der Waals surface area (Å²) in [4.78, 5) is 2.51. The predicted molar refractivity (Wildman–Crippen MR) is 109 cm³/mol. The van der Waals surface area contributed by atoms with Crippen molar-refractivity contribution in [1.29, 1.82) is 0 Å². The number of sulfonamides is 1. The van der Waals surface area contributed by atoms with Gasteiger partial charge in [-0.3, -0.25) is 9.62 Å². The van der Waals surface area contributed by atoms with Gasteiger partial charge < -0.3 is 0 Å². The number of fused-ring (bicyclic) bond motifs is 1. The maximum Gasteiger partial charge on any atom is 0.229 e. The summed E-state index contributed by atoms with van der Waals surface area (Å²) in [6.07, 6.45) is 5.63. The van der Waals surface area contributed by atoms with Crippen LogP contribution in [0.4, 0.5) is 5.69 Å². The number of likely N-dealkylation sites (tertiary alicyclic amines) is 1.